The molecule has 1 heterocycles. The maximum Gasteiger partial charge on any atom is 0.243 e. The lowest BCUT2D eigenvalue weighted by atomic mass is 10.1. The number of halogens is 1. The highest BCUT2D eigenvalue weighted by Gasteiger charge is 2.23. The smallest absolute Gasteiger partial charge is 0.243 e. The molecule has 0 saturated carbocycles. The Morgan fingerprint density at radius 1 is 1.16 bits per heavy atom. The van der Waals surface area contributed by atoms with Crippen LogP contribution in [0.25, 0.3) is 11.0 Å². The summed E-state index contributed by atoms with van der Waals surface area (Å²) in [5.41, 5.74) is 2.21. The van der Waals surface area contributed by atoms with Crippen molar-refractivity contribution in [1.82, 2.24) is 19.2 Å². The van der Waals surface area contributed by atoms with Crippen molar-refractivity contribution in [3.8, 4) is 0 Å². The lowest BCUT2D eigenvalue weighted by molar-refractivity contribution is -0.121. The van der Waals surface area contributed by atoms with Crippen LogP contribution in [0.5, 0.6) is 0 Å². The molecule has 3 rings (SSSR count). The number of aryl methyl sites for hydroxylation is 2. The first-order chi connectivity index (χ1) is 15.2. The predicted octanol–water partition coefficient (Wildman–Crippen LogP) is 3.55. The van der Waals surface area contributed by atoms with Crippen LogP contribution in [-0.4, -0.2) is 41.3 Å². The van der Waals surface area contributed by atoms with Crippen molar-refractivity contribution in [2.75, 3.05) is 13.1 Å². The lowest BCUT2D eigenvalue weighted by Gasteiger charge is -2.18. The average molecular weight is 461 g/mol. The molecule has 7 nitrogen and oxygen atoms in total. The second-order valence-electron chi connectivity index (χ2n) is 7.67. The molecule has 2 aromatic carbocycles. The van der Waals surface area contributed by atoms with E-state index in [2.05, 4.69) is 10.3 Å². The van der Waals surface area contributed by atoms with E-state index in [0.29, 0.717) is 30.9 Å². The lowest BCUT2D eigenvalue weighted by Crippen LogP contribution is -2.30. The fourth-order valence-electron chi connectivity index (χ4n) is 3.70. The van der Waals surface area contributed by atoms with Gasteiger partial charge in [-0.3, -0.25) is 4.79 Å². The monoisotopic (exact) mass is 460 g/mol. The van der Waals surface area contributed by atoms with Crippen LogP contribution in [0.3, 0.4) is 0 Å². The number of nitrogens with one attached hydrogen (secondary N) is 1. The van der Waals surface area contributed by atoms with Crippen molar-refractivity contribution in [3.63, 3.8) is 0 Å². The van der Waals surface area contributed by atoms with E-state index in [4.69, 9.17) is 0 Å². The molecule has 1 aromatic heterocycles. The van der Waals surface area contributed by atoms with E-state index >= 15 is 0 Å². The number of imidazole rings is 1. The number of carbonyl (C=O) groups excluding carboxylic acids is 1. The highest BCUT2D eigenvalue weighted by Crippen LogP contribution is 2.23. The summed E-state index contributed by atoms with van der Waals surface area (Å²) >= 11 is 0. The zero-order valence-electron chi connectivity index (χ0n) is 18.8. The summed E-state index contributed by atoms with van der Waals surface area (Å²) in [6, 6.07) is 10.7. The van der Waals surface area contributed by atoms with E-state index in [0.717, 1.165) is 11.1 Å². The van der Waals surface area contributed by atoms with Crippen molar-refractivity contribution in [2.45, 2.75) is 44.6 Å². The topological polar surface area (TPSA) is 84.3 Å². The Labute approximate surface area is 188 Å². The zero-order chi connectivity index (χ0) is 23.5. The minimum Gasteiger partial charge on any atom is -0.350 e. The Balaban J connectivity index is 1.72. The van der Waals surface area contributed by atoms with E-state index < -0.39 is 10.0 Å². The van der Waals surface area contributed by atoms with Gasteiger partial charge in [-0.25, -0.2) is 17.8 Å². The van der Waals surface area contributed by atoms with Crippen molar-refractivity contribution >= 4 is 27.0 Å². The minimum atomic E-state index is -3.57. The van der Waals surface area contributed by atoms with Crippen molar-refractivity contribution in [3.05, 3.63) is 59.7 Å². The highest BCUT2D eigenvalue weighted by atomic mass is 32.2. The molecular weight excluding hydrogens is 431 g/mol. The van der Waals surface area contributed by atoms with Gasteiger partial charge < -0.3 is 9.88 Å². The molecule has 0 fully saturated rings. The average Bonchev–Trinajstić information content (AvgIpc) is 3.08. The molecule has 1 N–H and O–H groups in total. The summed E-state index contributed by atoms with van der Waals surface area (Å²) in [5.74, 6) is 0.239. The van der Waals surface area contributed by atoms with E-state index in [1.165, 1.54) is 16.4 Å². The van der Waals surface area contributed by atoms with Gasteiger partial charge in [0.25, 0.3) is 0 Å². The second kappa shape index (κ2) is 9.79. The molecule has 0 bridgehead atoms. The minimum absolute atomic E-state index is 0.140. The third kappa shape index (κ3) is 4.99. The summed E-state index contributed by atoms with van der Waals surface area (Å²) in [6.07, 6.45) is 0.637. The van der Waals surface area contributed by atoms with Gasteiger partial charge >= 0.3 is 0 Å². The molecule has 1 atom stereocenters. The molecule has 9 heteroatoms. The maximum absolute atomic E-state index is 13.1. The number of benzene rings is 2. The van der Waals surface area contributed by atoms with Gasteiger partial charge in [-0.2, -0.15) is 4.31 Å². The number of hydrogen-bond donors (Lipinski definition) is 1. The molecular formula is C23H29FN4O3S. The summed E-state index contributed by atoms with van der Waals surface area (Å²) in [5, 5.41) is 2.91. The standard InChI is InChI=1S/C23H29FN4O3S/c1-5-28(6-2)32(30,31)19-11-12-21-20(15-19)26-22(27(21)4)13-14-23(29)25-16(3)17-7-9-18(24)10-8-17/h7-12,15-16H,5-6,13-14H2,1-4H3,(H,25,29). The first kappa shape index (κ1) is 23.9. The molecule has 0 radical (unpaired) electrons. The molecule has 1 amide bonds. The number of hydrogen-bond acceptors (Lipinski definition) is 4. The molecule has 0 spiro atoms. The largest absolute Gasteiger partial charge is 0.350 e. The summed E-state index contributed by atoms with van der Waals surface area (Å²) in [7, 11) is -1.72. The molecule has 172 valence electrons. The van der Waals surface area contributed by atoms with Crippen molar-refractivity contribution < 1.29 is 17.6 Å². The summed E-state index contributed by atoms with van der Waals surface area (Å²) in [4.78, 5) is 17.2. The van der Waals surface area contributed by atoms with E-state index in [1.807, 2.05) is 18.5 Å². The number of aromatic nitrogens is 2. The fraction of sp³-hybridized carbons (Fsp3) is 0.391. The first-order valence-corrected chi connectivity index (χ1v) is 12.1. The Morgan fingerprint density at radius 2 is 1.81 bits per heavy atom. The van der Waals surface area contributed by atoms with Gasteiger partial charge in [0.1, 0.15) is 11.6 Å². The van der Waals surface area contributed by atoms with Gasteiger partial charge in [-0.1, -0.05) is 26.0 Å². The number of amides is 1. The first-order valence-electron chi connectivity index (χ1n) is 10.7. The molecule has 3 aromatic rings. The second-order valence-corrected chi connectivity index (χ2v) is 9.61. The Bertz CT molecular complexity index is 1200. The van der Waals surface area contributed by atoms with E-state index in [-0.39, 0.29) is 29.1 Å². The third-order valence-electron chi connectivity index (χ3n) is 5.61. The number of fused-ring (bicyclic) bond motifs is 1. The molecule has 0 aliphatic rings. The van der Waals surface area contributed by atoms with Crippen LogP contribution in [-0.2, 0) is 28.3 Å². The SMILES string of the molecule is CCN(CC)S(=O)(=O)c1ccc2c(c1)nc(CCC(=O)NC(C)c1ccc(F)cc1)n2C. The van der Waals surface area contributed by atoms with Gasteiger partial charge in [-0.05, 0) is 42.8 Å². The van der Waals surface area contributed by atoms with Gasteiger partial charge in [0, 0.05) is 33.0 Å². The van der Waals surface area contributed by atoms with Crippen LogP contribution >= 0.6 is 0 Å². The molecule has 32 heavy (non-hydrogen) atoms. The van der Waals surface area contributed by atoms with Gasteiger partial charge in [0.05, 0.1) is 22.0 Å². The number of nitrogens with zero attached hydrogens (tertiary/aromatic N) is 3. The number of rotatable bonds is 9. The zero-order valence-corrected chi connectivity index (χ0v) is 19.6. The molecule has 1 unspecified atom stereocenters. The predicted molar refractivity (Wildman–Crippen MR) is 122 cm³/mol. The maximum atomic E-state index is 13.1. The van der Waals surface area contributed by atoms with Crippen molar-refractivity contribution in [1.29, 1.82) is 0 Å². The van der Waals surface area contributed by atoms with Gasteiger partial charge in [0.15, 0.2) is 0 Å². The van der Waals surface area contributed by atoms with Crippen LogP contribution in [0.15, 0.2) is 47.4 Å². The van der Waals surface area contributed by atoms with E-state index in [1.54, 1.807) is 44.2 Å². The summed E-state index contributed by atoms with van der Waals surface area (Å²) in [6.45, 7) is 6.25. The van der Waals surface area contributed by atoms with Crippen LogP contribution in [0.1, 0.15) is 44.6 Å². The highest BCUT2D eigenvalue weighted by molar-refractivity contribution is 7.89. The van der Waals surface area contributed by atoms with Gasteiger partial charge in [0.2, 0.25) is 15.9 Å². The van der Waals surface area contributed by atoms with Crippen molar-refractivity contribution in [2.24, 2.45) is 7.05 Å². The third-order valence-corrected chi connectivity index (χ3v) is 7.66. The van der Waals surface area contributed by atoms with Gasteiger partial charge in [-0.15, -0.1) is 0 Å². The quantitative estimate of drug-likeness (QED) is 0.529. The number of sulfonamides is 1. The normalized spacial score (nSPS) is 12.9. The van der Waals surface area contributed by atoms with Crippen LogP contribution in [0.4, 0.5) is 4.39 Å². The van der Waals surface area contributed by atoms with Crippen LogP contribution < -0.4 is 5.32 Å². The van der Waals surface area contributed by atoms with Crippen LogP contribution in [0, 0.1) is 5.82 Å². The molecule has 0 saturated heterocycles. The summed E-state index contributed by atoms with van der Waals surface area (Å²) < 4.78 is 42.0. The van der Waals surface area contributed by atoms with Crippen LogP contribution in [0.2, 0.25) is 0 Å². The Morgan fingerprint density at radius 3 is 2.44 bits per heavy atom. The fourth-order valence-corrected chi connectivity index (χ4v) is 5.18. The Hall–Kier alpha value is -2.78. The molecule has 0 aliphatic carbocycles. The molecule has 0 aliphatic heterocycles. The Kier molecular flexibility index (Phi) is 7.30. The number of carbonyl (C=O) groups is 1. The van der Waals surface area contributed by atoms with E-state index in [9.17, 15) is 17.6 Å².